The number of carbonyl (C=O) groups is 1. The average molecular weight is 366 g/mol. The van der Waals surface area contributed by atoms with E-state index in [9.17, 15) is 9.18 Å². The number of likely N-dealkylation sites (tertiary alicyclic amines) is 1. The van der Waals surface area contributed by atoms with Crippen LogP contribution in [0.1, 0.15) is 34.6 Å². The van der Waals surface area contributed by atoms with E-state index in [0.29, 0.717) is 6.04 Å². The van der Waals surface area contributed by atoms with Crippen molar-refractivity contribution in [3.05, 3.63) is 53.1 Å². The van der Waals surface area contributed by atoms with Crippen molar-refractivity contribution in [2.24, 2.45) is 0 Å². The first kappa shape index (κ1) is 19.5. The molecule has 1 saturated heterocycles. The van der Waals surface area contributed by atoms with E-state index in [-0.39, 0.29) is 24.1 Å². The number of rotatable bonds is 3. The summed E-state index contributed by atoms with van der Waals surface area (Å²) >= 11 is 0. The molecule has 0 bridgehead atoms. The van der Waals surface area contributed by atoms with Crippen molar-refractivity contribution in [3.8, 4) is 5.69 Å². The fraction of sp³-hybridized carbons (Fsp3) is 0.421. The molecule has 1 aliphatic heterocycles. The second-order valence-corrected chi connectivity index (χ2v) is 6.45. The topological polar surface area (TPSA) is 37.3 Å². The highest BCUT2D eigenvalue weighted by molar-refractivity contribution is 5.96. The minimum atomic E-state index is -0.259. The Kier molecular flexibility index (Phi) is 6.25. The smallest absolute Gasteiger partial charge is 0.255 e. The van der Waals surface area contributed by atoms with Crippen LogP contribution in [0.25, 0.3) is 5.69 Å². The van der Waals surface area contributed by atoms with Crippen molar-refractivity contribution in [3.63, 3.8) is 0 Å². The molecule has 0 aliphatic carbocycles. The van der Waals surface area contributed by atoms with Gasteiger partial charge in [-0.25, -0.2) is 4.39 Å². The summed E-state index contributed by atoms with van der Waals surface area (Å²) in [4.78, 5) is 14.8. The second kappa shape index (κ2) is 8.02. The van der Waals surface area contributed by atoms with Gasteiger partial charge >= 0.3 is 0 Å². The number of nitrogens with zero attached hydrogens (tertiary/aromatic N) is 2. The Morgan fingerprint density at radius 3 is 2.32 bits per heavy atom. The molecule has 1 N–H and O–H groups in total. The molecular weight excluding hydrogens is 341 g/mol. The number of hydrogen-bond donors (Lipinski definition) is 1. The van der Waals surface area contributed by atoms with Crippen molar-refractivity contribution >= 4 is 18.3 Å². The molecule has 0 radical (unpaired) electrons. The summed E-state index contributed by atoms with van der Waals surface area (Å²) in [5, 5.41) is 3.28. The third kappa shape index (κ3) is 3.88. The van der Waals surface area contributed by atoms with Crippen LogP contribution < -0.4 is 5.32 Å². The SMILES string of the molecule is CNC1CCN(C(=O)c2cc(C)n(-c3ccc(F)cc3)c2C)CC1.Cl. The highest BCUT2D eigenvalue weighted by atomic mass is 35.5. The van der Waals surface area contributed by atoms with Gasteiger partial charge in [0.05, 0.1) is 5.56 Å². The van der Waals surface area contributed by atoms with Crippen LogP contribution in [0.3, 0.4) is 0 Å². The fourth-order valence-corrected chi connectivity index (χ4v) is 3.51. The monoisotopic (exact) mass is 365 g/mol. The Bertz CT molecular complexity index is 734. The number of benzene rings is 1. The van der Waals surface area contributed by atoms with E-state index in [0.717, 1.165) is 48.6 Å². The highest BCUT2D eigenvalue weighted by Gasteiger charge is 2.25. The number of nitrogens with one attached hydrogen (secondary N) is 1. The summed E-state index contributed by atoms with van der Waals surface area (Å²) in [7, 11) is 1.97. The van der Waals surface area contributed by atoms with Crippen LogP contribution in [0.2, 0.25) is 0 Å². The van der Waals surface area contributed by atoms with Gasteiger partial charge in [-0.15, -0.1) is 12.4 Å². The van der Waals surface area contributed by atoms with Crippen molar-refractivity contribution in [1.82, 2.24) is 14.8 Å². The summed E-state index contributed by atoms with van der Waals surface area (Å²) in [6.45, 7) is 5.49. The lowest BCUT2D eigenvalue weighted by atomic mass is 10.0. The van der Waals surface area contributed by atoms with Crippen molar-refractivity contribution in [2.75, 3.05) is 20.1 Å². The molecule has 0 saturated carbocycles. The lowest BCUT2D eigenvalue weighted by Gasteiger charge is -2.31. The van der Waals surface area contributed by atoms with Gasteiger partial charge in [0.25, 0.3) is 5.91 Å². The number of halogens is 2. The molecule has 6 heteroatoms. The van der Waals surface area contributed by atoms with Crippen LogP contribution in [-0.2, 0) is 0 Å². The minimum Gasteiger partial charge on any atom is -0.338 e. The lowest BCUT2D eigenvalue weighted by Crippen LogP contribution is -2.44. The van der Waals surface area contributed by atoms with E-state index >= 15 is 0 Å². The zero-order chi connectivity index (χ0) is 17.3. The Balaban J connectivity index is 0.00000225. The van der Waals surface area contributed by atoms with Crippen LogP contribution in [0, 0.1) is 19.7 Å². The molecule has 4 nitrogen and oxygen atoms in total. The molecule has 3 rings (SSSR count). The number of hydrogen-bond acceptors (Lipinski definition) is 2. The molecule has 25 heavy (non-hydrogen) atoms. The van der Waals surface area contributed by atoms with Crippen LogP contribution >= 0.6 is 12.4 Å². The van der Waals surface area contributed by atoms with Gasteiger partial charge in [0.15, 0.2) is 0 Å². The first-order chi connectivity index (χ1) is 11.5. The average Bonchev–Trinajstić information content (AvgIpc) is 2.90. The van der Waals surface area contributed by atoms with Crippen molar-refractivity contribution in [1.29, 1.82) is 0 Å². The predicted molar refractivity (Wildman–Crippen MR) is 100 cm³/mol. The number of carbonyl (C=O) groups excluding carboxylic acids is 1. The normalized spacial score (nSPS) is 15.1. The van der Waals surface area contributed by atoms with E-state index < -0.39 is 0 Å². The molecule has 1 aromatic carbocycles. The maximum absolute atomic E-state index is 13.2. The molecule has 0 spiro atoms. The summed E-state index contributed by atoms with van der Waals surface area (Å²) < 4.78 is 15.2. The molecular formula is C19H25ClFN3O. The van der Waals surface area contributed by atoms with E-state index in [4.69, 9.17) is 0 Å². The highest BCUT2D eigenvalue weighted by Crippen LogP contribution is 2.23. The molecule has 1 aromatic heterocycles. The van der Waals surface area contributed by atoms with Crippen molar-refractivity contribution < 1.29 is 9.18 Å². The zero-order valence-electron chi connectivity index (χ0n) is 14.9. The number of aromatic nitrogens is 1. The Hall–Kier alpha value is -1.85. The van der Waals surface area contributed by atoms with Gasteiger partial charge in [-0.3, -0.25) is 4.79 Å². The van der Waals surface area contributed by atoms with Crippen molar-refractivity contribution in [2.45, 2.75) is 32.7 Å². The van der Waals surface area contributed by atoms with Crippen LogP contribution in [0.15, 0.2) is 30.3 Å². The Morgan fingerprint density at radius 1 is 1.16 bits per heavy atom. The quantitative estimate of drug-likeness (QED) is 0.904. The predicted octanol–water partition coefficient (Wildman–Crippen LogP) is 3.48. The van der Waals surface area contributed by atoms with E-state index in [1.54, 1.807) is 12.1 Å². The molecule has 2 heterocycles. The van der Waals surface area contributed by atoms with Gasteiger partial charge < -0.3 is 14.8 Å². The third-order valence-corrected chi connectivity index (χ3v) is 4.94. The zero-order valence-corrected chi connectivity index (χ0v) is 15.7. The van der Waals surface area contributed by atoms with Crippen LogP contribution in [-0.4, -0.2) is 41.6 Å². The Morgan fingerprint density at radius 2 is 1.76 bits per heavy atom. The van der Waals surface area contributed by atoms with Crippen LogP contribution in [0.5, 0.6) is 0 Å². The fourth-order valence-electron chi connectivity index (χ4n) is 3.51. The summed E-state index contributed by atoms with van der Waals surface area (Å²) in [5.74, 6) is -0.170. The lowest BCUT2D eigenvalue weighted by molar-refractivity contribution is 0.0706. The Labute approximate surface area is 154 Å². The van der Waals surface area contributed by atoms with Gasteiger partial charge in [-0.05, 0) is 64.1 Å². The van der Waals surface area contributed by atoms with Gasteiger partial charge in [0.1, 0.15) is 5.82 Å². The molecule has 0 unspecified atom stereocenters. The molecule has 1 amide bonds. The molecule has 136 valence electrons. The second-order valence-electron chi connectivity index (χ2n) is 6.45. The van der Waals surface area contributed by atoms with Gasteiger partial charge in [0, 0.05) is 36.2 Å². The maximum Gasteiger partial charge on any atom is 0.255 e. The summed E-state index contributed by atoms with van der Waals surface area (Å²) in [6, 6.07) is 8.80. The summed E-state index contributed by atoms with van der Waals surface area (Å²) in [6.07, 6.45) is 1.97. The van der Waals surface area contributed by atoms with E-state index in [2.05, 4.69) is 5.32 Å². The first-order valence-electron chi connectivity index (χ1n) is 8.42. The standard InChI is InChI=1S/C19H24FN3O.ClH/c1-13-12-18(19(24)22-10-8-16(21-3)9-11-22)14(2)23(13)17-6-4-15(20)5-7-17;/h4-7,12,16,21H,8-11H2,1-3H3;1H. The summed E-state index contributed by atoms with van der Waals surface area (Å²) in [5.41, 5.74) is 3.49. The van der Waals surface area contributed by atoms with Gasteiger partial charge in [-0.2, -0.15) is 0 Å². The number of aryl methyl sites for hydroxylation is 1. The molecule has 2 aromatic rings. The van der Waals surface area contributed by atoms with E-state index in [1.807, 2.05) is 36.4 Å². The molecule has 0 atom stereocenters. The van der Waals surface area contributed by atoms with Crippen LogP contribution in [0.4, 0.5) is 4.39 Å². The largest absolute Gasteiger partial charge is 0.338 e. The minimum absolute atomic E-state index is 0. The first-order valence-corrected chi connectivity index (χ1v) is 8.42. The maximum atomic E-state index is 13.2. The third-order valence-electron chi connectivity index (χ3n) is 4.94. The number of amides is 1. The van der Waals surface area contributed by atoms with Gasteiger partial charge in [0.2, 0.25) is 0 Å². The molecule has 1 fully saturated rings. The van der Waals surface area contributed by atoms with E-state index in [1.165, 1.54) is 12.1 Å². The molecule has 1 aliphatic rings. The number of piperidine rings is 1. The van der Waals surface area contributed by atoms with Gasteiger partial charge in [-0.1, -0.05) is 0 Å².